The van der Waals surface area contributed by atoms with Crippen LogP contribution in [0.1, 0.15) is 35.1 Å². The smallest absolute Gasteiger partial charge is 0.354 e. The molecule has 1 saturated heterocycles. The topological polar surface area (TPSA) is 63.5 Å². The van der Waals surface area contributed by atoms with Gasteiger partial charge in [-0.25, -0.2) is 0 Å². The molecule has 5 nitrogen and oxygen atoms in total. The van der Waals surface area contributed by atoms with Crippen LogP contribution in [-0.4, -0.2) is 37.0 Å². The van der Waals surface area contributed by atoms with E-state index in [1.54, 1.807) is 25.2 Å². The lowest BCUT2D eigenvalue weighted by atomic mass is 10.0. The number of hydrogen-bond donors (Lipinski definition) is 2. The van der Waals surface area contributed by atoms with Crippen molar-refractivity contribution >= 4 is 5.96 Å². The molecule has 0 aromatic heterocycles. The second kappa shape index (κ2) is 10.3. The van der Waals surface area contributed by atoms with E-state index in [-0.39, 0.29) is 6.04 Å². The summed E-state index contributed by atoms with van der Waals surface area (Å²) in [5, 5.41) is 15.6. The summed E-state index contributed by atoms with van der Waals surface area (Å²) in [6.45, 7) is 2.73. The molecular formula is C23H26F3N5. The van der Waals surface area contributed by atoms with Crippen LogP contribution in [0.5, 0.6) is 0 Å². The zero-order chi connectivity index (χ0) is 22.3. The van der Waals surface area contributed by atoms with Gasteiger partial charge in [0.2, 0.25) is 0 Å². The molecule has 0 radical (unpaired) electrons. The zero-order valence-electron chi connectivity index (χ0n) is 17.4. The zero-order valence-corrected chi connectivity index (χ0v) is 17.4. The minimum atomic E-state index is -4.31. The summed E-state index contributed by atoms with van der Waals surface area (Å²) in [4.78, 5) is 6.45. The summed E-state index contributed by atoms with van der Waals surface area (Å²) in [6.07, 6.45) is -2.54. The lowest BCUT2D eigenvalue weighted by molar-refractivity contribution is -0.137. The number of likely N-dealkylation sites (tertiary alicyclic amines) is 1. The molecule has 0 atom stereocenters. The second-order valence-corrected chi connectivity index (χ2v) is 7.63. The molecule has 31 heavy (non-hydrogen) atoms. The predicted molar refractivity (Wildman–Crippen MR) is 114 cm³/mol. The molecule has 0 saturated carbocycles. The summed E-state index contributed by atoms with van der Waals surface area (Å²) in [6, 6.07) is 15.3. The third-order valence-corrected chi connectivity index (χ3v) is 5.36. The van der Waals surface area contributed by atoms with Crippen LogP contribution in [0, 0.1) is 11.3 Å². The third-order valence-electron chi connectivity index (χ3n) is 5.36. The number of halogens is 3. The molecule has 0 unspecified atom stereocenters. The molecule has 1 aliphatic heterocycles. The Hall–Kier alpha value is -3.05. The maximum atomic E-state index is 12.9. The van der Waals surface area contributed by atoms with Crippen LogP contribution in [0.4, 0.5) is 13.2 Å². The predicted octanol–water partition coefficient (Wildman–Crippen LogP) is 3.91. The molecule has 0 bridgehead atoms. The van der Waals surface area contributed by atoms with Crippen molar-refractivity contribution < 1.29 is 13.2 Å². The van der Waals surface area contributed by atoms with Crippen molar-refractivity contribution in [3.05, 3.63) is 70.8 Å². The Labute approximate surface area is 180 Å². The van der Waals surface area contributed by atoms with Crippen LogP contribution < -0.4 is 10.6 Å². The Bertz CT molecular complexity index is 923. The number of aliphatic imine (C=N–C) groups is 1. The number of hydrogen-bond acceptors (Lipinski definition) is 3. The van der Waals surface area contributed by atoms with E-state index >= 15 is 0 Å². The molecule has 0 aliphatic carbocycles. The van der Waals surface area contributed by atoms with Gasteiger partial charge in [0.15, 0.2) is 5.96 Å². The van der Waals surface area contributed by atoms with E-state index in [9.17, 15) is 13.2 Å². The molecule has 2 aromatic rings. The standard InChI is InChI=1S/C23H26F3N5/c1-28-22(29-15-18-7-5-17(14-27)6-8-18)30-21-9-11-31(12-10-21)16-19-3-2-4-20(13-19)23(24,25)26/h2-8,13,21H,9-12,15-16H2,1H3,(H2,28,29,30). The van der Waals surface area contributed by atoms with Crippen molar-refractivity contribution in [2.45, 2.75) is 38.1 Å². The van der Waals surface area contributed by atoms with E-state index in [4.69, 9.17) is 5.26 Å². The van der Waals surface area contributed by atoms with Crippen molar-refractivity contribution in [1.82, 2.24) is 15.5 Å². The molecule has 0 amide bonds. The minimum Gasteiger partial charge on any atom is -0.354 e. The Morgan fingerprint density at radius 1 is 1.13 bits per heavy atom. The summed E-state index contributed by atoms with van der Waals surface area (Å²) < 4.78 is 38.7. The van der Waals surface area contributed by atoms with E-state index in [1.807, 2.05) is 12.1 Å². The van der Waals surface area contributed by atoms with Gasteiger partial charge < -0.3 is 10.6 Å². The summed E-state index contributed by atoms with van der Waals surface area (Å²) in [7, 11) is 1.72. The second-order valence-electron chi connectivity index (χ2n) is 7.63. The number of benzene rings is 2. The quantitative estimate of drug-likeness (QED) is 0.559. The molecule has 2 N–H and O–H groups in total. The normalized spacial score (nSPS) is 16.0. The van der Waals surface area contributed by atoms with Crippen LogP contribution in [0.25, 0.3) is 0 Å². The van der Waals surface area contributed by atoms with E-state index in [2.05, 4.69) is 26.6 Å². The number of nitrogens with zero attached hydrogens (tertiary/aromatic N) is 3. The van der Waals surface area contributed by atoms with Gasteiger partial charge in [-0.15, -0.1) is 0 Å². The molecule has 2 aromatic carbocycles. The van der Waals surface area contributed by atoms with E-state index in [0.29, 0.717) is 30.2 Å². The largest absolute Gasteiger partial charge is 0.416 e. The number of nitrogens with one attached hydrogen (secondary N) is 2. The van der Waals surface area contributed by atoms with E-state index < -0.39 is 11.7 Å². The highest BCUT2D eigenvalue weighted by Crippen LogP contribution is 2.30. The van der Waals surface area contributed by atoms with Gasteiger partial charge in [0.25, 0.3) is 0 Å². The molecule has 3 rings (SSSR count). The molecule has 1 fully saturated rings. The maximum Gasteiger partial charge on any atom is 0.416 e. The average molecular weight is 429 g/mol. The van der Waals surface area contributed by atoms with Crippen LogP contribution in [0.15, 0.2) is 53.5 Å². The molecule has 0 spiro atoms. The van der Waals surface area contributed by atoms with Gasteiger partial charge in [0.1, 0.15) is 0 Å². The highest BCUT2D eigenvalue weighted by atomic mass is 19.4. The SMILES string of the molecule is CN=C(NCc1ccc(C#N)cc1)NC1CCN(Cc2cccc(C(F)(F)F)c2)CC1. The highest BCUT2D eigenvalue weighted by Gasteiger charge is 2.30. The lowest BCUT2D eigenvalue weighted by Gasteiger charge is -2.33. The van der Waals surface area contributed by atoms with Gasteiger partial charge in [0.05, 0.1) is 17.2 Å². The number of rotatable bonds is 5. The fourth-order valence-corrected chi connectivity index (χ4v) is 3.61. The molecule has 1 heterocycles. The van der Waals surface area contributed by atoms with Crippen molar-refractivity contribution in [2.75, 3.05) is 20.1 Å². The molecule has 164 valence electrons. The van der Waals surface area contributed by atoms with Gasteiger partial charge in [-0.3, -0.25) is 9.89 Å². The maximum absolute atomic E-state index is 12.9. The van der Waals surface area contributed by atoms with Crippen molar-refractivity contribution in [3.63, 3.8) is 0 Å². The first-order valence-electron chi connectivity index (χ1n) is 10.2. The van der Waals surface area contributed by atoms with Crippen LogP contribution >= 0.6 is 0 Å². The van der Waals surface area contributed by atoms with Gasteiger partial charge >= 0.3 is 6.18 Å². The van der Waals surface area contributed by atoms with E-state index in [1.165, 1.54) is 12.1 Å². The number of alkyl halides is 3. The first-order chi connectivity index (χ1) is 14.9. The average Bonchev–Trinajstić information content (AvgIpc) is 2.78. The van der Waals surface area contributed by atoms with Crippen molar-refractivity contribution in [1.29, 1.82) is 5.26 Å². The van der Waals surface area contributed by atoms with Gasteiger partial charge in [-0.2, -0.15) is 18.4 Å². The third kappa shape index (κ3) is 6.72. The summed E-state index contributed by atoms with van der Waals surface area (Å²) in [5.41, 5.74) is 1.76. The van der Waals surface area contributed by atoms with Gasteiger partial charge in [-0.05, 0) is 42.2 Å². The van der Waals surface area contributed by atoms with Gasteiger partial charge in [0, 0.05) is 39.3 Å². The first kappa shape index (κ1) is 22.6. The van der Waals surface area contributed by atoms with Gasteiger partial charge in [-0.1, -0.05) is 30.3 Å². The Balaban J connectivity index is 1.45. The van der Waals surface area contributed by atoms with E-state index in [0.717, 1.165) is 37.6 Å². The van der Waals surface area contributed by atoms with Crippen LogP contribution in [-0.2, 0) is 19.3 Å². The number of piperidine rings is 1. The molecule has 8 heteroatoms. The highest BCUT2D eigenvalue weighted by molar-refractivity contribution is 5.79. The fourth-order valence-electron chi connectivity index (χ4n) is 3.61. The Morgan fingerprint density at radius 2 is 1.84 bits per heavy atom. The summed E-state index contributed by atoms with van der Waals surface area (Å²) in [5.74, 6) is 0.709. The molecule has 1 aliphatic rings. The molecular weight excluding hydrogens is 403 g/mol. The fraction of sp³-hybridized carbons (Fsp3) is 0.391. The number of nitriles is 1. The van der Waals surface area contributed by atoms with Crippen molar-refractivity contribution in [3.8, 4) is 6.07 Å². The number of guanidine groups is 1. The monoisotopic (exact) mass is 429 g/mol. The summed E-state index contributed by atoms with van der Waals surface area (Å²) >= 11 is 0. The lowest BCUT2D eigenvalue weighted by Crippen LogP contribution is -2.48. The van der Waals surface area contributed by atoms with Crippen LogP contribution in [0.2, 0.25) is 0 Å². The van der Waals surface area contributed by atoms with Crippen LogP contribution in [0.3, 0.4) is 0 Å². The minimum absolute atomic E-state index is 0.255. The van der Waals surface area contributed by atoms with Crippen molar-refractivity contribution in [2.24, 2.45) is 4.99 Å². The Kier molecular flexibility index (Phi) is 7.53. The first-order valence-corrected chi connectivity index (χ1v) is 10.2. The Morgan fingerprint density at radius 3 is 2.45 bits per heavy atom.